The summed E-state index contributed by atoms with van der Waals surface area (Å²) in [4.78, 5) is 17.0. The van der Waals surface area contributed by atoms with Crippen LogP contribution in [0.4, 0.5) is 19.0 Å². The minimum absolute atomic E-state index is 0.0906. The van der Waals surface area contributed by atoms with E-state index >= 15 is 0 Å². The molecule has 0 radical (unpaired) electrons. The van der Waals surface area contributed by atoms with Crippen LogP contribution in [0.15, 0.2) is 30.5 Å². The molecule has 2 unspecified atom stereocenters. The molecule has 8 heteroatoms. The van der Waals surface area contributed by atoms with Crippen LogP contribution in [-0.4, -0.2) is 26.8 Å². The van der Waals surface area contributed by atoms with Crippen LogP contribution in [0, 0.1) is 11.8 Å². The van der Waals surface area contributed by atoms with Gasteiger partial charge >= 0.3 is 6.18 Å². The monoisotopic (exact) mass is 394 g/mol. The summed E-state index contributed by atoms with van der Waals surface area (Å²) in [6.45, 7) is 6.00. The van der Waals surface area contributed by atoms with Gasteiger partial charge in [-0.25, -0.2) is 4.98 Å². The van der Waals surface area contributed by atoms with Crippen molar-refractivity contribution < 1.29 is 18.0 Å². The van der Waals surface area contributed by atoms with Gasteiger partial charge in [-0.1, -0.05) is 33.3 Å². The molecule has 0 aromatic carbocycles. The minimum Gasteiger partial charge on any atom is -0.310 e. The van der Waals surface area contributed by atoms with Crippen molar-refractivity contribution in [3.05, 3.63) is 36.2 Å². The van der Waals surface area contributed by atoms with Crippen LogP contribution in [0.1, 0.15) is 52.1 Å². The Hall–Kier alpha value is -2.38. The van der Waals surface area contributed by atoms with E-state index in [9.17, 15) is 18.0 Å². The largest absolute Gasteiger partial charge is 0.391 e. The summed E-state index contributed by atoms with van der Waals surface area (Å²) in [5.41, 5.74) is 0.497. The lowest BCUT2D eigenvalue weighted by Gasteiger charge is -2.29. The molecule has 3 rings (SSSR count). The molecule has 0 saturated heterocycles. The molecule has 2 atom stereocenters. The van der Waals surface area contributed by atoms with Gasteiger partial charge in [-0.3, -0.25) is 4.79 Å². The van der Waals surface area contributed by atoms with Crippen LogP contribution in [-0.2, 0) is 10.2 Å². The predicted molar refractivity (Wildman–Crippen MR) is 100 cm³/mol. The summed E-state index contributed by atoms with van der Waals surface area (Å²) < 4.78 is 40.7. The van der Waals surface area contributed by atoms with Crippen LogP contribution in [0.25, 0.3) is 5.82 Å². The van der Waals surface area contributed by atoms with E-state index in [-0.39, 0.29) is 18.3 Å². The zero-order valence-electron chi connectivity index (χ0n) is 16.3. The van der Waals surface area contributed by atoms with Crippen molar-refractivity contribution in [1.82, 2.24) is 14.8 Å². The Morgan fingerprint density at radius 2 is 1.96 bits per heavy atom. The number of nitrogens with zero attached hydrogens (tertiary/aromatic N) is 3. The molecule has 2 heterocycles. The standard InChI is InChI=1S/C20H25F3N4O/c1-19(2,3)15-12-17(27(26-15)16-9-4-5-10-24-16)25-18(28)13-7-6-8-14(11-13)20(21,22)23/h4-5,9-10,12-14H,6-8,11H2,1-3H3,(H,25,28). The Balaban J connectivity index is 1.85. The maximum atomic E-state index is 13.1. The molecule has 1 aliphatic carbocycles. The van der Waals surface area contributed by atoms with Crippen molar-refractivity contribution in [2.75, 3.05) is 5.32 Å². The fraction of sp³-hybridized carbons (Fsp3) is 0.550. The van der Waals surface area contributed by atoms with E-state index < -0.39 is 23.9 Å². The number of halogens is 3. The lowest BCUT2D eigenvalue weighted by Crippen LogP contribution is -2.34. The Bertz CT molecular complexity index is 824. The number of anilines is 1. The SMILES string of the molecule is CC(C)(C)c1cc(NC(=O)C2CCCC(C(F)(F)F)C2)n(-c2ccccn2)n1. The third-order valence-corrected chi connectivity index (χ3v) is 5.10. The molecule has 1 fully saturated rings. The van der Waals surface area contributed by atoms with Gasteiger partial charge in [0.1, 0.15) is 5.82 Å². The lowest BCUT2D eigenvalue weighted by molar-refractivity contribution is -0.185. The topological polar surface area (TPSA) is 59.8 Å². The fourth-order valence-corrected chi connectivity index (χ4v) is 3.44. The highest BCUT2D eigenvalue weighted by atomic mass is 19.4. The first-order valence-electron chi connectivity index (χ1n) is 9.45. The zero-order chi connectivity index (χ0) is 20.5. The van der Waals surface area contributed by atoms with Crippen molar-refractivity contribution in [2.45, 2.75) is 58.0 Å². The first-order chi connectivity index (χ1) is 13.1. The summed E-state index contributed by atoms with van der Waals surface area (Å²) in [5.74, 6) is -1.52. The third-order valence-electron chi connectivity index (χ3n) is 5.10. The molecule has 0 bridgehead atoms. The minimum atomic E-state index is -4.26. The van der Waals surface area contributed by atoms with Crippen LogP contribution in [0.3, 0.4) is 0 Å². The molecule has 2 aromatic heterocycles. The van der Waals surface area contributed by atoms with Crippen LogP contribution < -0.4 is 5.32 Å². The molecule has 1 amide bonds. The van der Waals surface area contributed by atoms with Crippen molar-refractivity contribution in [3.63, 3.8) is 0 Å². The Morgan fingerprint density at radius 3 is 2.57 bits per heavy atom. The van der Waals surface area contributed by atoms with E-state index in [2.05, 4.69) is 15.4 Å². The number of hydrogen-bond donors (Lipinski definition) is 1. The molecular formula is C20H25F3N4O. The smallest absolute Gasteiger partial charge is 0.310 e. The number of nitrogens with one attached hydrogen (secondary N) is 1. The van der Waals surface area contributed by atoms with Crippen LogP contribution in [0.5, 0.6) is 0 Å². The highest BCUT2D eigenvalue weighted by Crippen LogP contribution is 2.40. The molecule has 1 saturated carbocycles. The van der Waals surface area contributed by atoms with Gasteiger partial charge in [0.25, 0.3) is 0 Å². The molecule has 152 valence electrons. The number of carbonyl (C=O) groups excluding carboxylic acids is 1. The molecule has 5 nitrogen and oxygen atoms in total. The second kappa shape index (κ2) is 7.56. The fourth-order valence-electron chi connectivity index (χ4n) is 3.44. The molecule has 2 aromatic rings. The molecule has 28 heavy (non-hydrogen) atoms. The van der Waals surface area contributed by atoms with E-state index in [1.807, 2.05) is 20.8 Å². The first kappa shape index (κ1) is 20.4. The van der Waals surface area contributed by atoms with E-state index in [1.165, 1.54) is 4.68 Å². The Labute approximate surface area is 162 Å². The van der Waals surface area contributed by atoms with Crippen molar-refractivity contribution in [1.29, 1.82) is 0 Å². The van der Waals surface area contributed by atoms with Gasteiger partial charge in [0.05, 0.1) is 11.6 Å². The number of pyridine rings is 1. The van der Waals surface area contributed by atoms with Gasteiger partial charge in [0.15, 0.2) is 5.82 Å². The van der Waals surface area contributed by atoms with Gasteiger partial charge in [-0.05, 0) is 31.4 Å². The number of aromatic nitrogens is 3. The molecule has 1 aliphatic rings. The maximum absolute atomic E-state index is 13.1. The van der Waals surface area contributed by atoms with E-state index in [0.29, 0.717) is 24.5 Å². The number of carbonyl (C=O) groups is 1. The second-order valence-electron chi connectivity index (χ2n) is 8.36. The van der Waals surface area contributed by atoms with Gasteiger partial charge in [0, 0.05) is 23.6 Å². The number of amides is 1. The summed E-state index contributed by atoms with van der Waals surface area (Å²) in [7, 11) is 0. The highest BCUT2D eigenvalue weighted by molar-refractivity contribution is 5.92. The zero-order valence-corrected chi connectivity index (χ0v) is 16.3. The van der Waals surface area contributed by atoms with Gasteiger partial charge < -0.3 is 5.32 Å². The summed E-state index contributed by atoms with van der Waals surface area (Å²) in [6.07, 6.45) is -1.85. The average molecular weight is 394 g/mol. The summed E-state index contributed by atoms with van der Waals surface area (Å²) in [5, 5.41) is 7.36. The lowest BCUT2D eigenvalue weighted by atomic mass is 9.80. The normalized spacial score (nSPS) is 20.8. The highest BCUT2D eigenvalue weighted by Gasteiger charge is 2.43. The molecule has 0 aliphatic heterocycles. The number of rotatable bonds is 3. The van der Waals surface area contributed by atoms with E-state index in [4.69, 9.17) is 0 Å². The van der Waals surface area contributed by atoms with E-state index in [1.54, 1.807) is 30.5 Å². The summed E-state index contributed by atoms with van der Waals surface area (Å²) in [6, 6.07) is 7.10. The van der Waals surface area contributed by atoms with Crippen LogP contribution in [0.2, 0.25) is 0 Å². The average Bonchev–Trinajstić information content (AvgIpc) is 3.06. The first-order valence-corrected chi connectivity index (χ1v) is 9.45. The Kier molecular flexibility index (Phi) is 5.50. The van der Waals surface area contributed by atoms with Gasteiger partial charge in [0.2, 0.25) is 5.91 Å². The summed E-state index contributed by atoms with van der Waals surface area (Å²) >= 11 is 0. The van der Waals surface area contributed by atoms with Crippen molar-refractivity contribution in [3.8, 4) is 5.82 Å². The number of hydrogen-bond acceptors (Lipinski definition) is 3. The third kappa shape index (κ3) is 4.54. The quantitative estimate of drug-likeness (QED) is 0.808. The molecular weight excluding hydrogens is 369 g/mol. The molecule has 0 spiro atoms. The second-order valence-corrected chi connectivity index (χ2v) is 8.36. The van der Waals surface area contributed by atoms with Crippen LogP contribution >= 0.6 is 0 Å². The molecule has 1 N–H and O–H groups in total. The number of alkyl halides is 3. The van der Waals surface area contributed by atoms with Gasteiger partial charge in [-0.2, -0.15) is 23.0 Å². The Morgan fingerprint density at radius 1 is 1.21 bits per heavy atom. The van der Waals surface area contributed by atoms with Gasteiger partial charge in [-0.15, -0.1) is 0 Å². The maximum Gasteiger partial charge on any atom is 0.391 e. The van der Waals surface area contributed by atoms with E-state index in [0.717, 1.165) is 5.69 Å². The van der Waals surface area contributed by atoms with Crippen molar-refractivity contribution in [2.24, 2.45) is 11.8 Å². The predicted octanol–water partition coefficient (Wildman–Crippen LogP) is 4.87. The van der Waals surface area contributed by atoms with Crippen molar-refractivity contribution >= 4 is 11.7 Å².